The number of piperidine rings is 1. The summed E-state index contributed by atoms with van der Waals surface area (Å²) in [5, 5.41) is 16.8. The minimum Gasteiger partial charge on any atom is -0.496 e. The number of hydrogen-bond donors (Lipinski definition) is 2. The van der Waals surface area contributed by atoms with Crippen molar-refractivity contribution in [1.29, 1.82) is 0 Å². The molecule has 1 aromatic carbocycles. The molecule has 0 bridgehead atoms. The summed E-state index contributed by atoms with van der Waals surface area (Å²) < 4.78 is 4.95. The van der Waals surface area contributed by atoms with Gasteiger partial charge in [-0.25, -0.2) is 0 Å². The highest BCUT2D eigenvalue weighted by atomic mass is 16.6. The van der Waals surface area contributed by atoms with E-state index in [1.165, 1.54) is 19.2 Å². The number of nitrogens with one attached hydrogen (secondary N) is 2. The van der Waals surface area contributed by atoms with Crippen LogP contribution in [0.15, 0.2) is 18.2 Å². The van der Waals surface area contributed by atoms with E-state index < -0.39 is 4.92 Å². The van der Waals surface area contributed by atoms with Crippen molar-refractivity contribution in [1.82, 2.24) is 5.32 Å². The molecule has 1 saturated heterocycles. The zero-order chi connectivity index (χ0) is 14.5. The van der Waals surface area contributed by atoms with Crippen molar-refractivity contribution in [3.8, 4) is 5.75 Å². The molecule has 0 saturated carbocycles. The second kappa shape index (κ2) is 6.33. The minimum atomic E-state index is -0.531. The van der Waals surface area contributed by atoms with Crippen LogP contribution in [0.5, 0.6) is 5.75 Å². The van der Waals surface area contributed by atoms with Gasteiger partial charge in [-0.3, -0.25) is 14.9 Å². The molecule has 2 rings (SSSR count). The van der Waals surface area contributed by atoms with Crippen molar-refractivity contribution in [3.05, 3.63) is 28.3 Å². The van der Waals surface area contributed by atoms with E-state index in [2.05, 4.69) is 10.6 Å². The summed E-state index contributed by atoms with van der Waals surface area (Å²) in [7, 11) is 1.44. The lowest BCUT2D eigenvalue weighted by Crippen LogP contribution is -2.37. The van der Waals surface area contributed by atoms with E-state index in [0.29, 0.717) is 12.3 Å². The minimum absolute atomic E-state index is 0.148. The summed E-state index contributed by atoms with van der Waals surface area (Å²) in [6, 6.07) is 4.38. The van der Waals surface area contributed by atoms with E-state index in [9.17, 15) is 14.9 Å². The maximum Gasteiger partial charge on any atom is 0.296 e. The second-order valence-corrected chi connectivity index (χ2v) is 4.67. The molecular formula is C13H17N3O4. The lowest BCUT2D eigenvalue weighted by atomic mass is 9.99. The van der Waals surface area contributed by atoms with Crippen molar-refractivity contribution >= 4 is 17.3 Å². The molecule has 1 unspecified atom stereocenters. The largest absolute Gasteiger partial charge is 0.496 e. The summed E-state index contributed by atoms with van der Waals surface area (Å²) in [6.45, 7) is 1.52. The maximum absolute atomic E-state index is 12.1. The number of methoxy groups -OCH3 is 1. The Morgan fingerprint density at radius 1 is 1.55 bits per heavy atom. The molecule has 1 aromatic rings. The van der Waals surface area contributed by atoms with Gasteiger partial charge in [0.15, 0.2) is 0 Å². The topological polar surface area (TPSA) is 93.5 Å². The number of benzene rings is 1. The number of rotatable bonds is 4. The molecule has 0 aliphatic carbocycles. The third-order valence-corrected chi connectivity index (χ3v) is 3.33. The molecule has 0 radical (unpaired) electrons. The van der Waals surface area contributed by atoms with Gasteiger partial charge in [-0.05, 0) is 31.5 Å². The average Bonchev–Trinajstić information content (AvgIpc) is 2.48. The first-order chi connectivity index (χ1) is 9.61. The Balaban J connectivity index is 2.15. The van der Waals surface area contributed by atoms with Crippen LogP contribution in [-0.2, 0) is 4.79 Å². The molecule has 7 heteroatoms. The molecule has 1 heterocycles. The fourth-order valence-corrected chi connectivity index (χ4v) is 2.21. The van der Waals surface area contributed by atoms with E-state index >= 15 is 0 Å². The van der Waals surface area contributed by atoms with Crippen LogP contribution < -0.4 is 15.4 Å². The number of anilines is 1. The number of carbonyl (C=O) groups excluding carboxylic acids is 1. The summed E-state index contributed by atoms with van der Waals surface area (Å²) in [5.41, 5.74) is 0.0350. The third-order valence-electron chi connectivity index (χ3n) is 3.33. The monoisotopic (exact) mass is 279 g/mol. The molecule has 7 nitrogen and oxygen atoms in total. The Hall–Kier alpha value is -2.15. The van der Waals surface area contributed by atoms with Gasteiger partial charge in [0.25, 0.3) is 5.69 Å². The number of ether oxygens (including phenoxy) is 1. The van der Waals surface area contributed by atoms with E-state index in [4.69, 9.17) is 4.74 Å². The van der Waals surface area contributed by atoms with Crippen molar-refractivity contribution < 1.29 is 14.5 Å². The predicted octanol–water partition coefficient (Wildman–Crippen LogP) is 1.54. The normalized spacial score (nSPS) is 18.4. The van der Waals surface area contributed by atoms with E-state index in [1.807, 2.05) is 0 Å². The first-order valence-electron chi connectivity index (χ1n) is 6.46. The maximum atomic E-state index is 12.1. The lowest BCUT2D eigenvalue weighted by Gasteiger charge is -2.21. The fraction of sp³-hybridized carbons (Fsp3) is 0.462. The first-order valence-corrected chi connectivity index (χ1v) is 6.46. The Bertz CT molecular complexity index is 512. The first kappa shape index (κ1) is 14.3. The summed E-state index contributed by atoms with van der Waals surface area (Å²) in [6.07, 6.45) is 1.73. The molecule has 2 N–H and O–H groups in total. The van der Waals surface area contributed by atoms with Gasteiger partial charge in [-0.2, -0.15) is 0 Å². The predicted molar refractivity (Wildman–Crippen MR) is 73.9 cm³/mol. The van der Waals surface area contributed by atoms with Crippen molar-refractivity contribution in [2.24, 2.45) is 5.92 Å². The Kier molecular flexibility index (Phi) is 4.52. The highest BCUT2D eigenvalue weighted by Crippen LogP contribution is 2.29. The molecule has 0 spiro atoms. The molecule has 0 aromatic heterocycles. The Labute approximate surface area is 116 Å². The standard InChI is InChI=1S/C13H17N3O4/c1-20-10-4-5-11(12(7-10)16(18)19)15-13(17)9-3-2-6-14-8-9/h4-5,7,9,14H,2-3,6,8H2,1H3,(H,15,17). The molecule has 1 amide bonds. The van der Waals surface area contributed by atoms with Gasteiger partial charge in [0.2, 0.25) is 5.91 Å². The van der Waals surface area contributed by atoms with Crippen LogP contribution in [0.25, 0.3) is 0 Å². The lowest BCUT2D eigenvalue weighted by molar-refractivity contribution is -0.384. The van der Waals surface area contributed by atoms with Crippen LogP contribution in [0.2, 0.25) is 0 Å². The van der Waals surface area contributed by atoms with Crippen LogP contribution in [0, 0.1) is 16.0 Å². The van der Waals surface area contributed by atoms with E-state index in [1.54, 1.807) is 6.07 Å². The van der Waals surface area contributed by atoms with Crippen LogP contribution in [-0.4, -0.2) is 31.0 Å². The number of hydrogen-bond acceptors (Lipinski definition) is 5. The van der Waals surface area contributed by atoms with E-state index in [0.717, 1.165) is 19.4 Å². The number of nitro groups is 1. The average molecular weight is 279 g/mol. The van der Waals surface area contributed by atoms with Gasteiger partial charge in [0.1, 0.15) is 11.4 Å². The third kappa shape index (κ3) is 3.24. The molecule has 1 atom stereocenters. The van der Waals surface area contributed by atoms with E-state index in [-0.39, 0.29) is 23.2 Å². The molecular weight excluding hydrogens is 262 g/mol. The van der Waals surface area contributed by atoms with Crippen LogP contribution in [0.4, 0.5) is 11.4 Å². The number of nitrogens with zero attached hydrogens (tertiary/aromatic N) is 1. The van der Waals surface area contributed by atoms with Gasteiger partial charge in [-0.1, -0.05) is 0 Å². The van der Waals surface area contributed by atoms with Crippen molar-refractivity contribution in [3.63, 3.8) is 0 Å². The Morgan fingerprint density at radius 2 is 2.35 bits per heavy atom. The zero-order valence-corrected chi connectivity index (χ0v) is 11.2. The fourth-order valence-electron chi connectivity index (χ4n) is 2.21. The van der Waals surface area contributed by atoms with Crippen LogP contribution >= 0.6 is 0 Å². The van der Waals surface area contributed by atoms with Crippen LogP contribution in [0.3, 0.4) is 0 Å². The van der Waals surface area contributed by atoms with Gasteiger partial charge < -0.3 is 15.4 Å². The van der Waals surface area contributed by atoms with Crippen molar-refractivity contribution in [2.45, 2.75) is 12.8 Å². The molecule has 108 valence electrons. The zero-order valence-electron chi connectivity index (χ0n) is 11.2. The highest BCUT2D eigenvalue weighted by molar-refractivity contribution is 5.95. The van der Waals surface area contributed by atoms with Gasteiger partial charge >= 0.3 is 0 Å². The van der Waals surface area contributed by atoms with Gasteiger partial charge in [0.05, 0.1) is 24.0 Å². The smallest absolute Gasteiger partial charge is 0.296 e. The quantitative estimate of drug-likeness (QED) is 0.644. The Morgan fingerprint density at radius 3 is 2.95 bits per heavy atom. The van der Waals surface area contributed by atoms with Gasteiger partial charge in [0, 0.05) is 6.54 Å². The van der Waals surface area contributed by atoms with Crippen LogP contribution in [0.1, 0.15) is 12.8 Å². The summed E-state index contributed by atoms with van der Waals surface area (Å²) in [4.78, 5) is 22.6. The summed E-state index contributed by atoms with van der Waals surface area (Å²) >= 11 is 0. The number of nitro benzene ring substituents is 1. The molecule has 1 fully saturated rings. The second-order valence-electron chi connectivity index (χ2n) is 4.67. The highest BCUT2D eigenvalue weighted by Gasteiger charge is 2.24. The summed E-state index contributed by atoms with van der Waals surface area (Å²) in [5.74, 6) is 0.0463. The number of carbonyl (C=O) groups is 1. The molecule has 1 aliphatic rings. The van der Waals surface area contributed by atoms with Crippen molar-refractivity contribution in [2.75, 3.05) is 25.5 Å². The molecule has 1 aliphatic heterocycles. The van der Waals surface area contributed by atoms with Gasteiger partial charge in [-0.15, -0.1) is 0 Å². The SMILES string of the molecule is COc1ccc(NC(=O)C2CCCNC2)c([N+](=O)[O-])c1. The number of amides is 1. The molecule has 20 heavy (non-hydrogen) atoms.